The van der Waals surface area contributed by atoms with Crippen LogP contribution in [-0.2, 0) is 6.54 Å². The second-order valence-corrected chi connectivity index (χ2v) is 6.16. The van der Waals surface area contributed by atoms with Gasteiger partial charge in [0.25, 0.3) is 0 Å². The van der Waals surface area contributed by atoms with Crippen LogP contribution < -0.4 is 4.74 Å². The van der Waals surface area contributed by atoms with Crippen LogP contribution >= 0.6 is 0 Å². The number of nitrogens with zero attached hydrogens (tertiary/aromatic N) is 2. The fourth-order valence-corrected chi connectivity index (χ4v) is 3.82. The molecule has 4 nitrogen and oxygen atoms in total. The van der Waals surface area contributed by atoms with Gasteiger partial charge in [-0.15, -0.1) is 0 Å². The van der Waals surface area contributed by atoms with Gasteiger partial charge in [0.15, 0.2) is 0 Å². The topological polar surface area (TPSA) is 47.3 Å². The van der Waals surface area contributed by atoms with Gasteiger partial charge in [-0.25, -0.2) is 0 Å². The molecular weight excluding hydrogens is 300 g/mol. The Morgan fingerprint density at radius 2 is 2.00 bits per heavy atom. The van der Waals surface area contributed by atoms with Gasteiger partial charge in [0.2, 0.25) is 0 Å². The van der Waals surface area contributed by atoms with Gasteiger partial charge in [0, 0.05) is 29.0 Å². The SMILES string of the molecule is COc1ccc2c(c1)Cn1c3ccccc3c3ccnc(c31)C2O. The number of para-hydroxylation sites is 1. The first-order valence-corrected chi connectivity index (χ1v) is 7.98. The minimum atomic E-state index is -0.736. The maximum atomic E-state index is 11.0. The van der Waals surface area contributed by atoms with Gasteiger partial charge in [-0.05, 0) is 35.4 Å². The van der Waals surface area contributed by atoms with Crippen LogP contribution in [-0.4, -0.2) is 21.8 Å². The summed E-state index contributed by atoms with van der Waals surface area (Å²) in [5.41, 5.74) is 4.84. The molecule has 0 aliphatic carbocycles. The Hall–Kier alpha value is -2.85. The summed E-state index contributed by atoms with van der Waals surface area (Å²) >= 11 is 0. The van der Waals surface area contributed by atoms with E-state index in [1.165, 1.54) is 5.39 Å². The van der Waals surface area contributed by atoms with E-state index in [9.17, 15) is 5.11 Å². The number of aliphatic hydroxyl groups is 1. The average Bonchev–Trinajstić information content (AvgIpc) is 2.88. The molecule has 0 fully saturated rings. The van der Waals surface area contributed by atoms with Crippen molar-refractivity contribution in [1.29, 1.82) is 0 Å². The number of fused-ring (bicyclic) bond motifs is 4. The minimum absolute atomic E-state index is 0.687. The number of hydrogen-bond acceptors (Lipinski definition) is 3. The minimum Gasteiger partial charge on any atom is -0.497 e. The quantitative estimate of drug-likeness (QED) is 0.583. The number of aromatic nitrogens is 2. The van der Waals surface area contributed by atoms with Crippen molar-refractivity contribution in [3.05, 3.63) is 71.5 Å². The van der Waals surface area contributed by atoms with E-state index < -0.39 is 6.10 Å². The maximum absolute atomic E-state index is 11.0. The lowest BCUT2D eigenvalue weighted by Crippen LogP contribution is -2.04. The van der Waals surface area contributed by atoms with Crippen molar-refractivity contribution in [1.82, 2.24) is 9.55 Å². The summed E-state index contributed by atoms with van der Waals surface area (Å²) in [4.78, 5) is 4.51. The van der Waals surface area contributed by atoms with Crippen LogP contribution in [0.4, 0.5) is 0 Å². The standard InChI is InChI=1S/C20H16N2O2/c1-24-13-6-7-14-12(10-13)11-22-17-5-3-2-4-15(17)16-8-9-21-18(19(16)22)20(14)23/h2-10,20,23H,11H2,1H3. The van der Waals surface area contributed by atoms with E-state index in [1.54, 1.807) is 13.3 Å². The van der Waals surface area contributed by atoms with E-state index in [1.807, 2.05) is 36.4 Å². The summed E-state index contributed by atoms with van der Waals surface area (Å²) in [6, 6.07) is 16.2. The van der Waals surface area contributed by atoms with E-state index in [0.717, 1.165) is 33.3 Å². The Bertz CT molecular complexity index is 1100. The molecule has 1 N–H and O–H groups in total. The van der Waals surface area contributed by atoms with Crippen molar-refractivity contribution in [2.24, 2.45) is 0 Å². The molecule has 0 saturated carbocycles. The summed E-state index contributed by atoms with van der Waals surface area (Å²) in [7, 11) is 1.66. The Morgan fingerprint density at radius 3 is 2.88 bits per heavy atom. The zero-order chi connectivity index (χ0) is 16.3. The van der Waals surface area contributed by atoms with Gasteiger partial charge < -0.3 is 14.4 Å². The highest BCUT2D eigenvalue weighted by molar-refractivity contribution is 6.09. The summed E-state index contributed by atoms with van der Waals surface area (Å²) in [5, 5.41) is 13.3. The number of methoxy groups -OCH3 is 1. The smallest absolute Gasteiger partial charge is 0.123 e. The highest BCUT2D eigenvalue weighted by atomic mass is 16.5. The van der Waals surface area contributed by atoms with Crippen LogP contribution in [0.25, 0.3) is 21.8 Å². The van der Waals surface area contributed by atoms with Crippen LogP contribution in [0.2, 0.25) is 0 Å². The molecule has 0 saturated heterocycles. The van der Waals surface area contributed by atoms with Crippen molar-refractivity contribution >= 4 is 21.8 Å². The molecular formula is C20H16N2O2. The number of ether oxygens (including phenoxy) is 1. The van der Waals surface area contributed by atoms with Crippen LogP contribution in [0.1, 0.15) is 22.9 Å². The molecule has 24 heavy (non-hydrogen) atoms. The predicted octanol–water partition coefficient (Wildman–Crippen LogP) is 3.64. The van der Waals surface area contributed by atoms with Crippen molar-refractivity contribution in [2.45, 2.75) is 12.6 Å². The van der Waals surface area contributed by atoms with Gasteiger partial charge in [0.05, 0.1) is 18.3 Å². The fraction of sp³-hybridized carbons (Fsp3) is 0.150. The normalized spacial score (nSPS) is 16.2. The molecule has 2 aromatic carbocycles. The summed E-state index contributed by atoms with van der Waals surface area (Å²) in [6.07, 6.45) is 1.05. The van der Waals surface area contributed by atoms with Crippen molar-refractivity contribution in [3.8, 4) is 5.75 Å². The molecule has 4 aromatic rings. The third-order valence-corrected chi connectivity index (χ3v) is 4.94. The van der Waals surface area contributed by atoms with Crippen LogP contribution in [0.5, 0.6) is 5.75 Å². The van der Waals surface area contributed by atoms with Crippen LogP contribution in [0.3, 0.4) is 0 Å². The Balaban J connectivity index is 1.92. The Labute approximate surface area is 138 Å². The zero-order valence-corrected chi connectivity index (χ0v) is 13.2. The number of hydrogen-bond donors (Lipinski definition) is 1. The fourth-order valence-electron chi connectivity index (χ4n) is 3.82. The predicted molar refractivity (Wildman–Crippen MR) is 93.4 cm³/mol. The summed E-state index contributed by atoms with van der Waals surface area (Å²) in [6.45, 7) is 0.687. The Morgan fingerprint density at radius 1 is 1.12 bits per heavy atom. The third kappa shape index (κ3) is 1.69. The second kappa shape index (κ2) is 4.82. The first-order chi connectivity index (χ1) is 11.8. The number of rotatable bonds is 1. The summed E-state index contributed by atoms with van der Waals surface area (Å²) in [5.74, 6) is 0.799. The molecule has 3 heterocycles. The zero-order valence-electron chi connectivity index (χ0n) is 13.2. The molecule has 2 aromatic heterocycles. The number of pyridine rings is 1. The molecule has 0 spiro atoms. The lowest BCUT2D eigenvalue weighted by atomic mass is 9.99. The first kappa shape index (κ1) is 13.6. The van der Waals surface area contributed by atoms with E-state index in [-0.39, 0.29) is 0 Å². The number of benzene rings is 2. The van der Waals surface area contributed by atoms with Gasteiger partial charge in [0.1, 0.15) is 11.9 Å². The summed E-state index contributed by atoms with van der Waals surface area (Å²) < 4.78 is 7.62. The van der Waals surface area contributed by atoms with Gasteiger partial charge in [-0.2, -0.15) is 0 Å². The van der Waals surface area contributed by atoms with E-state index in [0.29, 0.717) is 12.2 Å². The van der Waals surface area contributed by atoms with E-state index >= 15 is 0 Å². The van der Waals surface area contributed by atoms with E-state index in [2.05, 4.69) is 21.7 Å². The van der Waals surface area contributed by atoms with E-state index in [4.69, 9.17) is 4.74 Å². The highest BCUT2D eigenvalue weighted by Gasteiger charge is 2.26. The first-order valence-electron chi connectivity index (χ1n) is 7.98. The molecule has 4 heteroatoms. The lowest BCUT2D eigenvalue weighted by molar-refractivity contribution is 0.216. The van der Waals surface area contributed by atoms with Crippen molar-refractivity contribution in [3.63, 3.8) is 0 Å². The van der Waals surface area contributed by atoms with Crippen molar-refractivity contribution in [2.75, 3.05) is 7.11 Å². The molecule has 0 radical (unpaired) electrons. The highest BCUT2D eigenvalue weighted by Crippen LogP contribution is 2.39. The largest absolute Gasteiger partial charge is 0.497 e. The monoisotopic (exact) mass is 316 g/mol. The van der Waals surface area contributed by atoms with Gasteiger partial charge in [-0.3, -0.25) is 4.98 Å². The third-order valence-electron chi connectivity index (χ3n) is 4.94. The van der Waals surface area contributed by atoms with Crippen molar-refractivity contribution < 1.29 is 9.84 Å². The molecule has 1 aliphatic heterocycles. The van der Waals surface area contributed by atoms with Gasteiger partial charge in [-0.1, -0.05) is 24.3 Å². The molecule has 1 atom stereocenters. The second-order valence-electron chi connectivity index (χ2n) is 6.16. The molecule has 1 unspecified atom stereocenters. The Kier molecular flexibility index (Phi) is 2.73. The van der Waals surface area contributed by atoms with Gasteiger partial charge >= 0.3 is 0 Å². The number of aliphatic hydroxyl groups excluding tert-OH is 1. The molecule has 118 valence electrons. The molecule has 0 amide bonds. The molecule has 5 rings (SSSR count). The molecule has 1 aliphatic rings. The van der Waals surface area contributed by atoms with Crippen LogP contribution in [0.15, 0.2) is 54.7 Å². The lowest BCUT2D eigenvalue weighted by Gasteiger charge is -2.13. The maximum Gasteiger partial charge on any atom is 0.123 e. The average molecular weight is 316 g/mol. The van der Waals surface area contributed by atoms with Crippen LogP contribution in [0, 0.1) is 0 Å². The molecule has 0 bridgehead atoms.